The van der Waals surface area contributed by atoms with Crippen molar-refractivity contribution in [1.82, 2.24) is 0 Å². The lowest BCUT2D eigenvalue weighted by atomic mass is 9.91. The van der Waals surface area contributed by atoms with E-state index in [1.54, 1.807) is 0 Å². The van der Waals surface area contributed by atoms with Crippen LogP contribution in [0.5, 0.6) is 0 Å². The highest BCUT2D eigenvalue weighted by atomic mass is 35.5. The normalized spacial score (nSPS) is 12.1. The molecule has 0 radical (unpaired) electrons. The summed E-state index contributed by atoms with van der Waals surface area (Å²) in [6.45, 7) is 9.82. The van der Waals surface area contributed by atoms with Crippen molar-refractivity contribution in [2.24, 2.45) is 4.99 Å². The van der Waals surface area contributed by atoms with Gasteiger partial charge >= 0.3 is 0 Å². The van der Waals surface area contributed by atoms with Gasteiger partial charge < -0.3 is 9.73 Å². The van der Waals surface area contributed by atoms with E-state index in [1.807, 2.05) is 31.2 Å². The van der Waals surface area contributed by atoms with Gasteiger partial charge in [0.15, 0.2) is 0 Å². The van der Waals surface area contributed by atoms with Crippen molar-refractivity contribution in [3.05, 3.63) is 69.0 Å². The second-order valence-electron chi connectivity index (χ2n) is 7.38. The molecule has 5 heteroatoms. The lowest BCUT2D eigenvalue weighted by Gasteiger charge is -2.19. The number of halogens is 2. The zero-order valence-corrected chi connectivity index (χ0v) is 19.1. The van der Waals surface area contributed by atoms with E-state index in [9.17, 15) is 0 Å². The first-order valence-corrected chi connectivity index (χ1v) is 10.9. The maximum atomic E-state index is 6.66. The van der Waals surface area contributed by atoms with Crippen molar-refractivity contribution in [3.63, 3.8) is 0 Å². The Kier molecular flexibility index (Phi) is 5.77. The average molecular weight is 439 g/mol. The molecule has 3 nitrogen and oxygen atoms in total. The highest BCUT2D eigenvalue weighted by molar-refractivity contribution is 6.40. The summed E-state index contributed by atoms with van der Waals surface area (Å²) in [5, 5.41) is 6.56. The first-order valence-electron chi connectivity index (χ1n) is 10.1. The fourth-order valence-electron chi connectivity index (χ4n) is 3.92. The first kappa shape index (κ1) is 20.8. The summed E-state index contributed by atoms with van der Waals surface area (Å²) < 4.78 is 6.39. The van der Waals surface area contributed by atoms with Crippen LogP contribution in [0.25, 0.3) is 33.4 Å². The summed E-state index contributed by atoms with van der Waals surface area (Å²) in [5.74, 6) is 0.762. The van der Waals surface area contributed by atoms with Gasteiger partial charge in [0.2, 0.25) is 0 Å². The number of nitrogens with one attached hydrogen (secondary N) is 1. The maximum Gasteiger partial charge on any atom is 0.137 e. The van der Waals surface area contributed by atoms with Crippen molar-refractivity contribution >= 4 is 39.9 Å². The van der Waals surface area contributed by atoms with Gasteiger partial charge in [0.1, 0.15) is 11.3 Å². The topological polar surface area (TPSA) is 37.5 Å². The molecule has 0 amide bonds. The lowest BCUT2D eigenvalue weighted by molar-refractivity contribution is 0.618. The van der Waals surface area contributed by atoms with Crippen LogP contribution in [0.15, 0.2) is 51.9 Å². The zero-order chi connectivity index (χ0) is 21.4. The van der Waals surface area contributed by atoms with Gasteiger partial charge in [0.25, 0.3) is 0 Å². The smallest absolute Gasteiger partial charge is 0.137 e. The number of aryl methyl sites for hydroxylation is 2. The van der Waals surface area contributed by atoms with Crippen LogP contribution < -0.4 is 10.7 Å². The van der Waals surface area contributed by atoms with Gasteiger partial charge in [-0.05, 0) is 63.1 Å². The van der Waals surface area contributed by atoms with E-state index in [4.69, 9.17) is 27.6 Å². The number of fused-ring (bicyclic) bond motifs is 2. The number of hydrogen-bond donors (Lipinski definition) is 1. The molecule has 0 bridgehead atoms. The van der Waals surface area contributed by atoms with E-state index < -0.39 is 0 Å². The molecular formula is C25H24Cl2N2O. The number of benzene rings is 3. The predicted molar refractivity (Wildman–Crippen MR) is 128 cm³/mol. The minimum Gasteiger partial charge on any atom is -0.456 e. The van der Waals surface area contributed by atoms with Gasteiger partial charge in [-0.3, -0.25) is 4.99 Å². The Morgan fingerprint density at radius 1 is 0.933 bits per heavy atom. The first-order chi connectivity index (χ1) is 14.4. The molecule has 2 aromatic carbocycles. The van der Waals surface area contributed by atoms with Crippen molar-refractivity contribution in [3.8, 4) is 22.5 Å². The molecule has 0 atom stereocenters. The molecule has 1 aliphatic carbocycles. The molecular weight excluding hydrogens is 415 g/mol. The molecule has 4 rings (SSSR count). The highest BCUT2D eigenvalue weighted by Crippen LogP contribution is 2.46. The number of rotatable bonds is 4. The Bertz CT molecular complexity index is 1270. The number of hydrogen-bond acceptors (Lipinski definition) is 3. The highest BCUT2D eigenvalue weighted by Gasteiger charge is 2.22. The van der Waals surface area contributed by atoms with Gasteiger partial charge in [-0.1, -0.05) is 29.3 Å². The van der Waals surface area contributed by atoms with Crippen LogP contribution in [0.2, 0.25) is 10.0 Å². The largest absolute Gasteiger partial charge is 0.456 e. The fraction of sp³-hybridized carbons (Fsp3) is 0.240. The molecule has 0 unspecified atom stereocenters. The summed E-state index contributed by atoms with van der Waals surface area (Å²) in [5.41, 5.74) is 6.83. The number of anilines is 1. The van der Waals surface area contributed by atoms with Crippen molar-refractivity contribution in [1.29, 1.82) is 0 Å². The molecule has 30 heavy (non-hydrogen) atoms. The predicted octanol–water partition coefficient (Wildman–Crippen LogP) is 7.48. The van der Waals surface area contributed by atoms with Crippen LogP contribution in [-0.2, 0) is 0 Å². The summed E-state index contributed by atoms with van der Waals surface area (Å²) in [6, 6.07) is 13.9. The average Bonchev–Trinajstić information content (AvgIpc) is 2.70. The standard InChI is InChI=1S/C25H24Cl2N2O/c1-5-28-20-12-22-16(10-14(20)3)24(25-18(26)8-7-9-19(25)27)17-11-15(4)21(29-6-2)13-23(17)30-22/h7-13,28H,5-6H2,1-4H3. The van der Waals surface area contributed by atoms with Crippen molar-refractivity contribution in [2.75, 3.05) is 18.4 Å². The summed E-state index contributed by atoms with van der Waals surface area (Å²) >= 11 is 13.3. The molecule has 0 saturated heterocycles. The van der Waals surface area contributed by atoms with Crippen LogP contribution in [-0.4, -0.2) is 13.1 Å². The van der Waals surface area contributed by atoms with Crippen molar-refractivity contribution < 1.29 is 4.42 Å². The van der Waals surface area contributed by atoms with E-state index in [-0.39, 0.29) is 0 Å². The Balaban J connectivity index is 2.21. The van der Waals surface area contributed by atoms with E-state index in [1.165, 1.54) is 0 Å². The minimum atomic E-state index is 0.615. The second kappa shape index (κ2) is 8.33. The van der Waals surface area contributed by atoms with Gasteiger partial charge in [0, 0.05) is 63.0 Å². The van der Waals surface area contributed by atoms with Crippen LogP contribution in [0.3, 0.4) is 0 Å². The Morgan fingerprint density at radius 2 is 1.67 bits per heavy atom. The molecule has 0 saturated carbocycles. The second-order valence-corrected chi connectivity index (χ2v) is 8.19. The van der Waals surface area contributed by atoms with E-state index in [2.05, 4.69) is 49.3 Å². The third-order valence-corrected chi connectivity index (χ3v) is 5.92. The van der Waals surface area contributed by atoms with E-state index in [0.29, 0.717) is 16.6 Å². The van der Waals surface area contributed by atoms with Crippen LogP contribution in [0.4, 0.5) is 5.69 Å². The molecule has 2 aromatic rings. The van der Waals surface area contributed by atoms with Crippen LogP contribution in [0, 0.1) is 13.8 Å². The van der Waals surface area contributed by atoms with Gasteiger partial charge in [-0.25, -0.2) is 0 Å². The van der Waals surface area contributed by atoms with Gasteiger partial charge in [-0.2, -0.15) is 0 Å². The summed E-state index contributed by atoms with van der Waals surface area (Å²) in [6.07, 6.45) is 0. The summed E-state index contributed by atoms with van der Waals surface area (Å²) in [7, 11) is 0. The Hall–Kier alpha value is -2.49. The fourth-order valence-corrected chi connectivity index (χ4v) is 4.50. The quantitative estimate of drug-likeness (QED) is 0.335. The van der Waals surface area contributed by atoms with Crippen LogP contribution >= 0.6 is 23.2 Å². The molecule has 0 fully saturated rings. The lowest BCUT2D eigenvalue weighted by Crippen LogP contribution is -2.09. The third-order valence-electron chi connectivity index (χ3n) is 5.29. The van der Waals surface area contributed by atoms with Gasteiger partial charge in [-0.15, -0.1) is 0 Å². The van der Waals surface area contributed by atoms with E-state index in [0.717, 1.165) is 62.1 Å². The Morgan fingerprint density at radius 3 is 2.33 bits per heavy atom. The maximum absolute atomic E-state index is 6.66. The molecule has 0 spiro atoms. The monoisotopic (exact) mass is 438 g/mol. The third kappa shape index (κ3) is 3.57. The Labute approximate surface area is 186 Å². The van der Waals surface area contributed by atoms with Crippen LogP contribution in [0.1, 0.15) is 25.0 Å². The van der Waals surface area contributed by atoms with Gasteiger partial charge in [0.05, 0.1) is 5.36 Å². The SMILES string of the molecule is CCN=c1cc2oc3cc(NCC)c(C)cc3c(-c3c(Cl)cccc3Cl)c-2cc1C. The number of nitrogens with zero attached hydrogens (tertiary/aromatic N) is 1. The zero-order valence-electron chi connectivity index (χ0n) is 17.6. The molecule has 0 aromatic heterocycles. The molecule has 154 valence electrons. The molecule has 1 aliphatic heterocycles. The van der Waals surface area contributed by atoms with Crippen molar-refractivity contribution in [2.45, 2.75) is 27.7 Å². The summed E-state index contributed by atoms with van der Waals surface area (Å²) in [4.78, 5) is 4.61. The van der Waals surface area contributed by atoms with E-state index >= 15 is 0 Å². The molecule has 1 heterocycles. The molecule has 2 aliphatic rings. The molecule has 1 N–H and O–H groups in total. The minimum absolute atomic E-state index is 0.615.